The first kappa shape index (κ1) is 28.7. The van der Waals surface area contributed by atoms with Crippen molar-refractivity contribution < 1.29 is 19.1 Å². The molecule has 2 amide bonds. The van der Waals surface area contributed by atoms with Crippen molar-refractivity contribution in [1.82, 2.24) is 21.3 Å². The van der Waals surface area contributed by atoms with E-state index in [9.17, 15) is 9.59 Å². The van der Waals surface area contributed by atoms with Gasteiger partial charge in [0.05, 0.1) is 25.7 Å². The Hall–Kier alpha value is -1.87. The summed E-state index contributed by atoms with van der Waals surface area (Å²) >= 11 is 6.32. The Morgan fingerprint density at radius 1 is 1.15 bits per heavy atom. The second-order valence-electron chi connectivity index (χ2n) is 12.5. The minimum Gasteiger partial charge on any atom is -0.453 e. The van der Waals surface area contributed by atoms with Crippen LogP contribution in [0.4, 0.5) is 4.79 Å². The number of amides is 2. The largest absolute Gasteiger partial charge is 0.453 e. The molecule has 4 saturated carbocycles. The summed E-state index contributed by atoms with van der Waals surface area (Å²) < 4.78 is 11.0. The Kier molecular flexibility index (Phi) is 9.37. The molecule has 1 aliphatic heterocycles. The molecule has 4 N–H and O–H groups in total. The third-order valence-electron chi connectivity index (χ3n) is 9.82. The van der Waals surface area contributed by atoms with Gasteiger partial charge in [-0.3, -0.25) is 4.79 Å². The number of benzene rings is 1. The predicted octanol–water partition coefficient (Wildman–Crippen LogP) is 3.90. The molecule has 4 unspecified atom stereocenters. The highest BCUT2D eigenvalue weighted by Gasteiger charge is 2.57. The van der Waals surface area contributed by atoms with Crippen LogP contribution in [0, 0.1) is 35.0 Å². The summed E-state index contributed by atoms with van der Waals surface area (Å²) in [5, 5.41) is 13.6. The van der Waals surface area contributed by atoms with Gasteiger partial charge in [-0.1, -0.05) is 23.7 Å². The Morgan fingerprint density at radius 2 is 1.95 bits per heavy atom. The average Bonchev–Trinajstić information content (AvgIpc) is 3.30. The summed E-state index contributed by atoms with van der Waals surface area (Å²) in [6.45, 7) is 2.89. The summed E-state index contributed by atoms with van der Waals surface area (Å²) in [4.78, 5) is 25.1. The van der Waals surface area contributed by atoms with Crippen molar-refractivity contribution in [3.05, 3.63) is 34.9 Å². The first-order chi connectivity index (χ1) is 18.9. The van der Waals surface area contributed by atoms with Crippen molar-refractivity contribution in [2.24, 2.45) is 35.0 Å². The minimum atomic E-state index is -0.483. The number of likely N-dealkylation sites (N-methyl/N-ethyl adjacent to an activating group) is 1. The van der Waals surface area contributed by atoms with Gasteiger partial charge < -0.3 is 30.7 Å². The lowest BCUT2D eigenvalue weighted by Gasteiger charge is -2.38. The van der Waals surface area contributed by atoms with E-state index in [-0.39, 0.29) is 29.9 Å². The highest BCUT2D eigenvalue weighted by atomic mass is 35.5. The number of hydrogen-bond acceptors (Lipinski definition) is 6. The maximum absolute atomic E-state index is 13.6. The highest BCUT2D eigenvalue weighted by molar-refractivity contribution is 6.30. The molecule has 0 spiro atoms. The summed E-state index contributed by atoms with van der Waals surface area (Å²) in [7, 11) is 3.32. The number of nitrogens with one attached hydrogen (secondary N) is 4. The molecular weight excluding hydrogens is 516 g/mol. The van der Waals surface area contributed by atoms with Crippen LogP contribution in [0.1, 0.15) is 56.6 Å². The standard InChI is InChI=1S/C30H45ClN4O4/c1-32-18-26(15-30-13-19-8-20(14-30)10-24(30)9-19)35-28(36)23-11-22(16-33-17-23)27(21-4-3-5-25(31)12-21)39-7-6-34-29(37)38-2/h3-5,12,19-20,22-24,26-27,32-33H,6-11,13-18H2,1-2H3,(H,34,37)(H,35,36)/t19?,20?,22?,23?,24?,26-,27+,30?/m1/s1. The van der Waals surface area contributed by atoms with E-state index in [0.717, 1.165) is 49.2 Å². The molecule has 1 saturated heterocycles. The fourth-order valence-corrected chi connectivity index (χ4v) is 8.73. The first-order valence-corrected chi connectivity index (χ1v) is 15.1. The Labute approximate surface area is 237 Å². The molecule has 0 aromatic heterocycles. The van der Waals surface area contributed by atoms with Crippen LogP contribution in [0.3, 0.4) is 0 Å². The van der Waals surface area contributed by atoms with Crippen LogP contribution < -0.4 is 21.3 Å². The number of piperidine rings is 1. The third-order valence-corrected chi connectivity index (χ3v) is 10.1. The maximum atomic E-state index is 13.6. The normalized spacial score (nSPS) is 32.5. The molecule has 8 nitrogen and oxygen atoms in total. The fourth-order valence-electron chi connectivity index (χ4n) is 8.53. The van der Waals surface area contributed by atoms with Gasteiger partial charge in [-0.05, 0) is 92.9 Å². The summed E-state index contributed by atoms with van der Waals surface area (Å²) in [6.07, 6.45) is 8.07. The van der Waals surface area contributed by atoms with Crippen molar-refractivity contribution in [2.45, 2.75) is 57.1 Å². The van der Waals surface area contributed by atoms with Crippen LogP contribution in [0.2, 0.25) is 5.02 Å². The van der Waals surface area contributed by atoms with Crippen molar-refractivity contribution >= 4 is 23.6 Å². The van der Waals surface area contributed by atoms with E-state index in [4.69, 9.17) is 16.3 Å². The van der Waals surface area contributed by atoms with E-state index in [2.05, 4.69) is 26.0 Å². The fraction of sp³-hybridized carbons (Fsp3) is 0.733. The zero-order valence-corrected chi connectivity index (χ0v) is 24.1. The molecule has 6 rings (SSSR count). The Morgan fingerprint density at radius 3 is 2.67 bits per heavy atom. The molecule has 1 aromatic carbocycles. The van der Waals surface area contributed by atoms with Gasteiger partial charge in [0, 0.05) is 43.2 Å². The van der Waals surface area contributed by atoms with Crippen LogP contribution in [0.5, 0.6) is 0 Å². The molecule has 9 heteroatoms. The number of carbonyl (C=O) groups excluding carboxylic acids is 2. The molecule has 216 valence electrons. The number of carbonyl (C=O) groups is 2. The monoisotopic (exact) mass is 560 g/mol. The summed E-state index contributed by atoms with van der Waals surface area (Å²) in [5.41, 5.74) is 1.42. The molecule has 4 aliphatic carbocycles. The van der Waals surface area contributed by atoms with E-state index >= 15 is 0 Å². The molecule has 6 atom stereocenters. The van der Waals surface area contributed by atoms with Crippen LogP contribution >= 0.6 is 11.6 Å². The van der Waals surface area contributed by atoms with E-state index in [1.807, 2.05) is 31.3 Å². The van der Waals surface area contributed by atoms with Gasteiger partial charge in [-0.2, -0.15) is 0 Å². The number of hydrogen-bond donors (Lipinski definition) is 4. The molecule has 4 bridgehead atoms. The van der Waals surface area contributed by atoms with Gasteiger partial charge in [-0.15, -0.1) is 0 Å². The minimum absolute atomic E-state index is 0.0913. The number of ether oxygens (including phenoxy) is 2. The van der Waals surface area contributed by atoms with E-state index in [1.165, 1.54) is 39.2 Å². The molecule has 1 aromatic rings. The van der Waals surface area contributed by atoms with Crippen LogP contribution in [-0.4, -0.2) is 65.0 Å². The SMILES string of the molecule is CNC[C@@H](CC12CC3CC(CC1C3)C2)NC(=O)C1CNCC([C@@H](OCCNC(=O)OC)c2cccc(Cl)c2)C1. The molecule has 0 radical (unpaired) electrons. The first-order valence-electron chi connectivity index (χ1n) is 14.7. The smallest absolute Gasteiger partial charge is 0.406 e. The predicted molar refractivity (Wildman–Crippen MR) is 151 cm³/mol. The lowest BCUT2D eigenvalue weighted by molar-refractivity contribution is -0.127. The zero-order chi connectivity index (χ0) is 27.4. The Bertz CT molecular complexity index is 995. The van der Waals surface area contributed by atoms with Crippen molar-refractivity contribution in [3.63, 3.8) is 0 Å². The van der Waals surface area contributed by atoms with Gasteiger partial charge in [0.25, 0.3) is 0 Å². The van der Waals surface area contributed by atoms with E-state index < -0.39 is 6.09 Å². The molecule has 39 heavy (non-hydrogen) atoms. The topological polar surface area (TPSA) is 101 Å². The number of halogens is 1. The van der Waals surface area contributed by atoms with Crippen LogP contribution in [-0.2, 0) is 14.3 Å². The zero-order valence-electron chi connectivity index (χ0n) is 23.3. The summed E-state index contributed by atoms with van der Waals surface area (Å²) in [6, 6.07) is 7.87. The van der Waals surface area contributed by atoms with E-state index in [1.54, 1.807) is 0 Å². The molecule has 1 heterocycles. The lowest BCUT2D eigenvalue weighted by Crippen LogP contribution is -2.51. The van der Waals surface area contributed by atoms with Gasteiger partial charge in [-0.25, -0.2) is 4.79 Å². The molecule has 5 aliphatic rings. The van der Waals surface area contributed by atoms with Gasteiger partial charge in [0.15, 0.2) is 0 Å². The second kappa shape index (κ2) is 12.8. The van der Waals surface area contributed by atoms with Crippen molar-refractivity contribution in [2.75, 3.05) is 46.9 Å². The third kappa shape index (κ3) is 6.72. The van der Waals surface area contributed by atoms with Gasteiger partial charge in [0.2, 0.25) is 5.91 Å². The maximum Gasteiger partial charge on any atom is 0.406 e. The van der Waals surface area contributed by atoms with Gasteiger partial charge in [0.1, 0.15) is 0 Å². The summed E-state index contributed by atoms with van der Waals surface area (Å²) in [5.74, 6) is 2.80. The van der Waals surface area contributed by atoms with Crippen LogP contribution in [0.15, 0.2) is 24.3 Å². The van der Waals surface area contributed by atoms with Gasteiger partial charge >= 0.3 is 6.09 Å². The van der Waals surface area contributed by atoms with Crippen molar-refractivity contribution in [3.8, 4) is 0 Å². The number of alkyl carbamates (subject to hydrolysis) is 1. The second-order valence-corrected chi connectivity index (χ2v) is 12.9. The van der Waals surface area contributed by atoms with Crippen molar-refractivity contribution in [1.29, 1.82) is 0 Å². The Balaban J connectivity index is 1.22. The van der Waals surface area contributed by atoms with Crippen LogP contribution in [0.25, 0.3) is 0 Å². The van der Waals surface area contributed by atoms with E-state index in [0.29, 0.717) is 30.1 Å². The molecular formula is C30H45ClN4O4. The number of rotatable bonds is 12. The number of methoxy groups -OCH3 is 1. The quantitative estimate of drug-likeness (QED) is 0.289. The lowest BCUT2D eigenvalue weighted by atomic mass is 9.71. The average molecular weight is 561 g/mol. The molecule has 5 fully saturated rings. The highest BCUT2D eigenvalue weighted by Crippen LogP contribution is 2.67.